The largest absolute Gasteiger partial charge is 0.497 e. The molecule has 2 rings (SSSR count). The van der Waals surface area contributed by atoms with Crippen LogP contribution >= 0.6 is 0 Å². The van der Waals surface area contributed by atoms with Gasteiger partial charge in [-0.3, -0.25) is 0 Å². The van der Waals surface area contributed by atoms with Gasteiger partial charge < -0.3 is 4.74 Å². The number of hydrogen-bond acceptors (Lipinski definition) is 1. The quantitative estimate of drug-likeness (QED) is 0.674. The van der Waals surface area contributed by atoms with E-state index < -0.39 is 0 Å². The lowest BCUT2D eigenvalue weighted by Crippen LogP contribution is -2.26. The molecular formula is C18H28O. The zero-order chi connectivity index (χ0) is 13.7. The standard InChI is InChI=1S/C18H28O/c1-4-12-18(5-2)13-10-16(11-14-18)15-6-8-17(19-3)9-7-15/h6-9,16H,4-5,10-14H2,1-3H3. The van der Waals surface area contributed by atoms with Gasteiger partial charge in [-0.05, 0) is 61.1 Å². The van der Waals surface area contributed by atoms with Crippen LogP contribution in [0.1, 0.15) is 70.3 Å². The van der Waals surface area contributed by atoms with Gasteiger partial charge in [0.25, 0.3) is 0 Å². The third kappa shape index (κ3) is 3.32. The minimum atomic E-state index is 0.651. The Morgan fingerprint density at radius 3 is 2.21 bits per heavy atom. The second-order valence-corrected chi connectivity index (χ2v) is 6.15. The molecule has 19 heavy (non-hydrogen) atoms. The minimum Gasteiger partial charge on any atom is -0.497 e. The fraction of sp³-hybridized carbons (Fsp3) is 0.667. The average molecular weight is 260 g/mol. The van der Waals surface area contributed by atoms with E-state index in [-0.39, 0.29) is 0 Å². The van der Waals surface area contributed by atoms with Gasteiger partial charge in [-0.25, -0.2) is 0 Å². The summed E-state index contributed by atoms with van der Waals surface area (Å²) in [6, 6.07) is 8.71. The van der Waals surface area contributed by atoms with Crippen molar-refractivity contribution in [2.45, 2.75) is 64.7 Å². The van der Waals surface area contributed by atoms with Crippen LogP contribution in [0.15, 0.2) is 24.3 Å². The van der Waals surface area contributed by atoms with Gasteiger partial charge in [0.2, 0.25) is 0 Å². The van der Waals surface area contributed by atoms with Crippen molar-refractivity contribution in [1.82, 2.24) is 0 Å². The molecule has 106 valence electrons. The summed E-state index contributed by atoms with van der Waals surface area (Å²) >= 11 is 0. The molecule has 0 aromatic heterocycles. The topological polar surface area (TPSA) is 9.23 Å². The molecule has 0 spiro atoms. The van der Waals surface area contributed by atoms with Crippen LogP contribution in [0, 0.1) is 5.41 Å². The van der Waals surface area contributed by atoms with Crippen molar-refractivity contribution in [3.63, 3.8) is 0 Å². The zero-order valence-corrected chi connectivity index (χ0v) is 12.7. The highest BCUT2D eigenvalue weighted by molar-refractivity contribution is 5.29. The van der Waals surface area contributed by atoms with E-state index in [4.69, 9.17) is 4.74 Å². The first-order valence-corrected chi connectivity index (χ1v) is 7.87. The van der Waals surface area contributed by atoms with Crippen molar-refractivity contribution in [2.24, 2.45) is 5.41 Å². The van der Waals surface area contributed by atoms with Crippen molar-refractivity contribution < 1.29 is 4.74 Å². The second kappa shape index (κ2) is 6.45. The Kier molecular flexibility index (Phi) is 4.90. The van der Waals surface area contributed by atoms with Crippen LogP contribution in [0.2, 0.25) is 0 Å². The summed E-state index contributed by atoms with van der Waals surface area (Å²) in [5, 5.41) is 0. The second-order valence-electron chi connectivity index (χ2n) is 6.15. The van der Waals surface area contributed by atoms with Crippen LogP contribution in [-0.2, 0) is 0 Å². The summed E-state index contributed by atoms with van der Waals surface area (Å²) in [5.74, 6) is 1.73. The van der Waals surface area contributed by atoms with Crippen molar-refractivity contribution in [3.05, 3.63) is 29.8 Å². The highest BCUT2D eigenvalue weighted by Crippen LogP contribution is 2.47. The summed E-state index contributed by atoms with van der Waals surface area (Å²) in [7, 11) is 1.73. The molecule has 1 heteroatoms. The van der Waals surface area contributed by atoms with Gasteiger partial charge in [-0.1, -0.05) is 38.8 Å². The first-order valence-electron chi connectivity index (χ1n) is 7.87. The molecular weight excluding hydrogens is 232 g/mol. The third-order valence-electron chi connectivity index (χ3n) is 5.16. The predicted molar refractivity (Wildman–Crippen MR) is 81.8 cm³/mol. The maximum atomic E-state index is 5.24. The number of ether oxygens (including phenoxy) is 1. The van der Waals surface area contributed by atoms with Crippen LogP contribution in [0.5, 0.6) is 5.75 Å². The Hall–Kier alpha value is -0.980. The Morgan fingerprint density at radius 2 is 1.74 bits per heavy atom. The van der Waals surface area contributed by atoms with E-state index >= 15 is 0 Å². The minimum absolute atomic E-state index is 0.651. The molecule has 1 saturated carbocycles. The van der Waals surface area contributed by atoms with Crippen LogP contribution in [0.4, 0.5) is 0 Å². The van der Waals surface area contributed by atoms with E-state index in [1.807, 2.05) is 0 Å². The predicted octanol–water partition coefficient (Wildman–Crippen LogP) is 5.55. The molecule has 0 atom stereocenters. The van der Waals surface area contributed by atoms with Gasteiger partial charge in [-0.2, -0.15) is 0 Å². The van der Waals surface area contributed by atoms with E-state index in [0.29, 0.717) is 5.41 Å². The molecule has 0 amide bonds. The van der Waals surface area contributed by atoms with E-state index in [0.717, 1.165) is 11.7 Å². The fourth-order valence-electron chi connectivity index (χ4n) is 3.75. The molecule has 1 aromatic carbocycles. The van der Waals surface area contributed by atoms with Crippen molar-refractivity contribution in [3.8, 4) is 5.75 Å². The molecule has 0 heterocycles. The molecule has 1 nitrogen and oxygen atoms in total. The maximum Gasteiger partial charge on any atom is 0.118 e. The fourth-order valence-corrected chi connectivity index (χ4v) is 3.75. The molecule has 0 radical (unpaired) electrons. The van der Waals surface area contributed by atoms with E-state index in [9.17, 15) is 0 Å². The monoisotopic (exact) mass is 260 g/mol. The van der Waals surface area contributed by atoms with Gasteiger partial charge in [0.15, 0.2) is 0 Å². The molecule has 0 N–H and O–H groups in total. The SMILES string of the molecule is CCCC1(CC)CCC(c2ccc(OC)cc2)CC1. The summed E-state index contributed by atoms with van der Waals surface area (Å²) in [5.41, 5.74) is 2.15. The van der Waals surface area contributed by atoms with Crippen molar-refractivity contribution in [1.29, 1.82) is 0 Å². The molecule has 1 aromatic rings. The van der Waals surface area contributed by atoms with E-state index in [1.165, 1.54) is 50.5 Å². The molecule has 0 unspecified atom stereocenters. The summed E-state index contributed by atoms with van der Waals surface area (Å²) in [4.78, 5) is 0. The molecule has 0 bridgehead atoms. The van der Waals surface area contributed by atoms with E-state index in [2.05, 4.69) is 38.1 Å². The van der Waals surface area contributed by atoms with Crippen LogP contribution in [0.3, 0.4) is 0 Å². The number of hydrogen-bond donors (Lipinski definition) is 0. The lowest BCUT2D eigenvalue weighted by atomic mass is 9.65. The Balaban J connectivity index is 1.98. The number of methoxy groups -OCH3 is 1. The Morgan fingerprint density at radius 1 is 1.11 bits per heavy atom. The smallest absolute Gasteiger partial charge is 0.118 e. The van der Waals surface area contributed by atoms with Gasteiger partial charge in [0, 0.05) is 0 Å². The van der Waals surface area contributed by atoms with Gasteiger partial charge in [-0.15, -0.1) is 0 Å². The lowest BCUT2D eigenvalue weighted by molar-refractivity contribution is 0.150. The van der Waals surface area contributed by atoms with Crippen molar-refractivity contribution >= 4 is 0 Å². The summed E-state index contributed by atoms with van der Waals surface area (Å²) < 4.78 is 5.24. The summed E-state index contributed by atoms with van der Waals surface area (Å²) in [6.07, 6.45) is 9.65. The first kappa shape index (κ1) is 14.4. The van der Waals surface area contributed by atoms with Crippen molar-refractivity contribution in [2.75, 3.05) is 7.11 Å². The molecule has 1 aliphatic carbocycles. The molecule has 0 aliphatic heterocycles. The maximum absolute atomic E-state index is 5.24. The number of rotatable bonds is 5. The van der Waals surface area contributed by atoms with Crippen LogP contribution in [-0.4, -0.2) is 7.11 Å². The van der Waals surface area contributed by atoms with Gasteiger partial charge in [0.05, 0.1) is 7.11 Å². The van der Waals surface area contributed by atoms with Gasteiger partial charge >= 0.3 is 0 Å². The Labute approximate surface area is 118 Å². The van der Waals surface area contributed by atoms with Crippen LogP contribution < -0.4 is 4.74 Å². The molecule has 0 saturated heterocycles. The lowest BCUT2D eigenvalue weighted by Gasteiger charge is -2.40. The van der Waals surface area contributed by atoms with E-state index in [1.54, 1.807) is 7.11 Å². The Bertz CT molecular complexity index is 371. The first-order chi connectivity index (χ1) is 9.23. The average Bonchev–Trinajstić information content (AvgIpc) is 2.48. The highest BCUT2D eigenvalue weighted by atomic mass is 16.5. The number of benzene rings is 1. The third-order valence-corrected chi connectivity index (χ3v) is 5.16. The molecule has 1 fully saturated rings. The van der Waals surface area contributed by atoms with Crippen LogP contribution in [0.25, 0.3) is 0 Å². The normalized spacial score (nSPS) is 27.2. The highest BCUT2D eigenvalue weighted by Gasteiger charge is 2.33. The summed E-state index contributed by atoms with van der Waals surface area (Å²) in [6.45, 7) is 4.70. The van der Waals surface area contributed by atoms with Gasteiger partial charge in [0.1, 0.15) is 5.75 Å². The zero-order valence-electron chi connectivity index (χ0n) is 12.7. The molecule has 1 aliphatic rings.